The van der Waals surface area contributed by atoms with Crippen LogP contribution in [0, 0.1) is 5.41 Å². The molecule has 1 heterocycles. The number of fused-ring (bicyclic) bond motifs is 1. The molecule has 0 unspecified atom stereocenters. The molecular formula is C22H26N2O3. The third kappa shape index (κ3) is 3.69. The van der Waals surface area contributed by atoms with Crippen LogP contribution in [0.25, 0.3) is 16.5 Å². The first kappa shape index (κ1) is 18.0. The largest absolute Gasteiger partial charge is 0.497 e. The Kier molecular flexibility index (Phi) is 4.87. The summed E-state index contributed by atoms with van der Waals surface area (Å²) in [6, 6.07) is 5.91. The van der Waals surface area contributed by atoms with Crippen molar-refractivity contribution in [1.29, 1.82) is 0 Å². The van der Waals surface area contributed by atoms with Gasteiger partial charge in [0.1, 0.15) is 5.75 Å². The van der Waals surface area contributed by atoms with Crippen molar-refractivity contribution in [3.8, 4) is 5.75 Å². The molecule has 5 nitrogen and oxygen atoms in total. The van der Waals surface area contributed by atoms with E-state index < -0.39 is 0 Å². The maximum atomic E-state index is 12.3. The third-order valence-corrected chi connectivity index (χ3v) is 5.86. The van der Waals surface area contributed by atoms with E-state index in [0.29, 0.717) is 24.1 Å². The van der Waals surface area contributed by atoms with Gasteiger partial charge in [-0.05, 0) is 61.3 Å². The fourth-order valence-corrected chi connectivity index (χ4v) is 3.90. The van der Waals surface area contributed by atoms with E-state index in [0.717, 1.165) is 28.6 Å². The van der Waals surface area contributed by atoms with Crippen molar-refractivity contribution < 1.29 is 14.3 Å². The van der Waals surface area contributed by atoms with E-state index in [-0.39, 0.29) is 5.91 Å². The van der Waals surface area contributed by atoms with Crippen LogP contribution in [0.1, 0.15) is 48.0 Å². The van der Waals surface area contributed by atoms with E-state index in [4.69, 9.17) is 9.47 Å². The molecule has 4 rings (SSSR count). The Morgan fingerprint density at radius 2 is 2.07 bits per heavy atom. The second kappa shape index (κ2) is 7.31. The molecule has 1 N–H and O–H groups in total. The molecule has 0 atom stereocenters. The van der Waals surface area contributed by atoms with Gasteiger partial charge in [-0.25, -0.2) is 0 Å². The summed E-state index contributed by atoms with van der Waals surface area (Å²) in [6.45, 7) is 0.964. The lowest BCUT2D eigenvalue weighted by Crippen LogP contribution is -2.27. The minimum absolute atomic E-state index is 0.140. The normalized spacial score (nSPS) is 17.6. The van der Waals surface area contributed by atoms with Gasteiger partial charge >= 0.3 is 0 Å². The van der Waals surface area contributed by atoms with Gasteiger partial charge in [-0.15, -0.1) is 0 Å². The van der Waals surface area contributed by atoms with Crippen LogP contribution in [-0.4, -0.2) is 38.3 Å². The number of pyridine rings is 1. The van der Waals surface area contributed by atoms with Crippen LogP contribution < -0.4 is 10.1 Å². The topological polar surface area (TPSA) is 60.5 Å². The standard InChI is InChI=1S/C22H26N2O3/c1-26-10-9-23-21(25)17-11-16-12-18(27-2)13-19(20(16)24-14-17)15-3-5-22(6-4-15)7-8-22/h3,11-14H,4-10H2,1-2H3,(H,23,25). The van der Waals surface area contributed by atoms with Gasteiger partial charge in [0.05, 0.1) is 24.8 Å². The number of aromatic nitrogens is 1. The fourth-order valence-electron chi connectivity index (χ4n) is 3.90. The average molecular weight is 366 g/mol. The minimum atomic E-state index is -0.140. The zero-order valence-electron chi connectivity index (χ0n) is 16.0. The van der Waals surface area contributed by atoms with Gasteiger partial charge in [0, 0.05) is 30.8 Å². The first-order chi connectivity index (χ1) is 13.1. The number of nitrogens with one attached hydrogen (secondary N) is 1. The molecule has 0 radical (unpaired) electrons. The van der Waals surface area contributed by atoms with Crippen LogP contribution in [0.4, 0.5) is 0 Å². The molecule has 0 saturated heterocycles. The van der Waals surface area contributed by atoms with E-state index in [9.17, 15) is 4.79 Å². The molecule has 0 aliphatic heterocycles. The molecule has 1 spiro atoms. The maximum absolute atomic E-state index is 12.3. The van der Waals surface area contributed by atoms with Crippen LogP contribution in [-0.2, 0) is 4.74 Å². The number of carbonyl (C=O) groups excluding carboxylic acids is 1. The quantitative estimate of drug-likeness (QED) is 0.786. The SMILES string of the molecule is COCCNC(=O)c1cnc2c(C3=CCC4(CC3)CC4)cc(OC)cc2c1. The highest BCUT2D eigenvalue weighted by molar-refractivity contribution is 5.99. The van der Waals surface area contributed by atoms with Crippen molar-refractivity contribution in [3.05, 3.63) is 41.6 Å². The Balaban J connectivity index is 1.67. The fraction of sp³-hybridized carbons (Fsp3) is 0.455. The van der Waals surface area contributed by atoms with Gasteiger partial charge in [-0.1, -0.05) is 6.08 Å². The lowest BCUT2D eigenvalue weighted by molar-refractivity contribution is 0.0937. The van der Waals surface area contributed by atoms with Crippen LogP contribution in [0.2, 0.25) is 0 Å². The maximum Gasteiger partial charge on any atom is 0.252 e. The molecule has 142 valence electrons. The summed E-state index contributed by atoms with van der Waals surface area (Å²) in [5.74, 6) is 0.655. The number of carbonyl (C=O) groups is 1. The van der Waals surface area contributed by atoms with E-state index >= 15 is 0 Å². The third-order valence-electron chi connectivity index (χ3n) is 5.86. The zero-order valence-corrected chi connectivity index (χ0v) is 16.0. The summed E-state index contributed by atoms with van der Waals surface area (Å²) in [4.78, 5) is 17.0. The van der Waals surface area contributed by atoms with Gasteiger partial charge < -0.3 is 14.8 Å². The van der Waals surface area contributed by atoms with Crippen LogP contribution in [0.3, 0.4) is 0 Å². The average Bonchev–Trinajstić information content (AvgIpc) is 3.46. The first-order valence-corrected chi connectivity index (χ1v) is 9.58. The number of allylic oxidation sites excluding steroid dienone is 2. The smallest absolute Gasteiger partial charge is 0.252 e. The van der Waals surface area contributed by atoms with Crippen molar-refractivity contribution in [2.24, 2.45) is 5.41 Å². The molecule has 1 aromatic carbocycles. The molecule has 2 aliphatic rings. The van der Waals surface area contributed by atoms with Crippen LogP contribution in [0.5, 0.6) is 5.75 Å². The number of methoxy groups -OCH3 is 2. The predicted molar refractivity (Wildman–Crippen MR) is 106 cm³/mol. The molecule has 2 aliphatic carbocycles. The summed E-state index contributed by atoms with van der Waals surface area (Å²) in [5.41, 5.74) is 4.56. The number of hydrogen-bond donors (Lipinski definition) is 1. The monoisotopic (exact) mass is 366 g/mol. The molecule has 1 amide bonds. The molecule has 1 aromatic heterocycles. The van der Waals surface area contributed by atoms with E-state index in [1.807, 2.05) is 12.1 Å². The lowest BCUT2D eigenvalue weighted by Gasteiger charge is -2.22. The summed E-state index contributed by atoms with van der Waals surface area (Å²) in [7, 11) is 3.29. The highest BCUT2D eigenvalue weighted by Gasteiger charge is 2.42. The lowest BCUT2D eigenvalue weighted by atomic mass is 9.83. The molecule has 27 heavy (non-hydrogen) atoms. The number of rotatable bonds is 6. The van der Waals surface area contributed by atoms with Gasteiger partial charge in [0.2, 0.25) is 0 Å². The molecule has 5 heteroatoms. The number of hydrogen-bond acceptors (Lipinski definition) is 4. The molecule has 1 saturated carbocycles. The highest BCUT2D eigenvalue weighted by atomic mass is 16.5. The summed E-state index contributed by atoms with van der Waals surface area (Å²) in [5, 5.41) is 3.77. The van der Waals surface area contributed by atoms with Crippen LogP contribution in [0.15, 0.2) is 30.5 Å². The first-order valence-electron chi connectivity index (χ1n) is 9.58. The second-order valence-electron chi connectivity index (χ2n) is 7.65. The van der Waals surface area contributed by atoms with E-state index in [1.165, 1.54) is 31.3 Å². The Morgan fingerprint density at radius 3 is 2.74 bits per heavy atom. The van der Waals surface area contributed by atoms with E-state index in [2.05, 4.69) is 22.4 Å². The van der Waals surface area contributed by atoms with Gasteiger partial charge in [0.15, 0.2) is 0 Å². The number of ether oxygens (including phenoxy) is 2. The minimum Gasteiger partial charge on any atom is -0.497 e. The molecule has 1 fully saturated rings. The van der Waals surface area contributed by atoms with Crippen LogP contribution >= 0.6 is 0 Å². The summed E-state index contributed by atoms with van der Waals surface area (Å²) in [6.07, 6.45) is 10.3. The van der Waals surface area contributed by atoms with Crippen molar-refractivity contribution in [2.45, 2.75) is 32.1 Å². The summed E-state index contributed by atoms with van der Waals surface area (Å²) >= 11 is 0. The number of benzene rings is 1. The summed E-state index contributed by atoms with van der Waals surface area (Å²) < 4.78 is 10.5. The molecular weight excluding hydrogens is 340 g/mol. The highest BCUT2D eigenvalue weighted by Crippen LogP contribution is 2.56. The van der Waals surface area contributed by atoms with E-state index in [1.54, 1.807) is 20.4 Å². The van der Waals surface area contributed by atoms with Gasteiger partial charge in [0.25, 0.3) is 5.91 Å². The zero-order chi connectivity index (χ0) is 18.9. The van der Waals surface area contributed by atoms with Crippen molar-refractivity contribution in [2.75, 3.05) is 27.4 Å². The Labute approximate surface area is 159 Å². The Morgan fingerprint density at radius 1 is 1.22 bits per heavy atom. The predicted octanol–water partition coefficient (Wildman–Crippen LogP) is 3.97. The number of amides is 1. The number of nitrogens with zero attached hydrogens (tertiary/aromatic N) is 1. The Bertz CT molecular complexity index is 900. The molecule has 0 bridgehead atoms. The Hall–Kier alpha value is -2.40. The van der Waals surface area contributed by atoms with Crippen molar-refractivity contribution >= 4 is 22.4 Å². The van der Waals surface area contributed by atoms with Crippen molar-refractivity contribution in [1.82, 2.24) is 10.3 Å². The van der Waals surface area contributed by atoms with Crippen molar-refractivity contribution in [3.63, 3.8) is 0 Å². The van der Waals surface area contributed by atoms with Gasteiger partial charge in [-0.3, -0.25) is 9.78 Å². The second-order valence-corrected chi connectivity index (χ2v) is 7.65. The van der Waals surface area contributed by atoms with Gasteiger partial charge in [-0.2, -0.15) is 0 Å². The molecule has 2 aromatic rings.